The van der Waals surface area contributed by atoms with E-state index in [0.29, 0.717) is 17.3 Å². The van der Waals surface area contributed by atoms with Crippen molar-refractivity contribution in [2.75, 3.05) is 19.0 Å². The van der Waals surface area contributed by atoms with Crippen molar-refractivity contribution < 1.29 is 9.53 Å². The maximum atomic E-state index is 11.7. The molecule has 0 fully saturated rings. The highest BCUT2D eigenvalue weighted by Crippen LogP contribution is 2.25. The van der Waals surface area contributed by atoms with Gasteiger partial charge in [0.15, 0.2) is 0 Å². The smallest absolute Gasteiger partial charge is 0.319 e. The van der Waals surface area contributed by atoms with E-state index < -0.39 is 0 Å². The molecule has 18 heavy (non-hydrogen) atoms. The molecule has 1 aromatic rings. The summed E-state index contributed by atoms with van der Waals surface area (Å²) in [6.45, 7) is 2.53. The van der Waals surface area contributed by atoms with Gasteiger partial charge in [0.05, 0.1) is 10.7 Å². The Morgan fingerprint density at radius 3 is 2.89 bits per heavy atom. The maximum absolute atomic E-state index is 11.7. The number of ether oxygens (including phenoxy) is 1. The summed E-state index contributed by atoms with van der Waals surface area (Å²) in [5.74, 6) is 0. The molecule has 0 aliphatic rings. The van der Waals surface area contributed by atoms with Gasteiger partial charge in [-0.2, -0.15) is 0 Å². The Kier molecular flexibility index (Phi) is 6.46. The SMILES string of the molecule is COCCC(C)NC(=O)Nc1ccc(Br)cc1Cl. The van der Waals surface area contributed by atoms with Crippen LogP contribution < -0.4 is 10.6 Å². The molecule has 0 spiro atoms. The molecule has 0 radical (unpaired) electrons. The minimum absolute atomic E-state index is 0.0409. The molecule has 6 heteroatoms. The van der Waals surface area contributed by atoms with Gasteiger partial charge in [0.1, 0.15) is 0 Å². The number of rotatable bonds is 5. The molecule has 0 saturated carbocycles. The van der Waals surface area contributed by atoms with E-state index in [1.54, 1.807) is 19.2 Å². The number of hydrogen-bond acceptors (Lipinski definition) is 2. The molecule has 1 unspecified atom stereocenters. The average molecular weight is 336 g/mol. The van der Waals surface area contributed by atoms with Crippen LogP contribution in [0.25, 0.3) is 0 Å². The number of hydrogen-bond donors (Lipinski definition) is 2. The van der Waals surface area contributed by atoms with Crippen LogP contribution in [-0.2, 0) is 4.74 Å². The molecule has 2 N–H and O–H groups in total. The highest BCUT2D eigenvalue weighted by atomic mass is 79.9. The topological polar surface area (TPSA) is 50.4 Å². The van der Waals surface area contributed by atoms with Crippen LogP contribution in [0.15, 0.2) is 22.7 Å². The van der Waals surface area contributed by atoms with Crippen molar-refractivity contribution in [2.45, 2.75) is 19.4 Å². The molecule has 0 aliphatic heterocycles. The van der Waals surface area contributed by atoms with Crippen LogP contribution in [0.5, 0.6) is 0 Å². The van der Waals surface area contributed by atoms with Crippen LogP contribution in [0.1, 0.15) is 13.3 Å². The normalized spacial score (nSPS) is 12.0. The molecule has 0 saturated heterocycles. The Balaban J connectivity index is 2.49. The van der Waals surface area contributed by atoms with Gasteiger partial charge in [-0.05, 0) is 31.5 Å². The average Bonchev–Trinajstić information content (AvgIpc) is 2.30. The van der Waals surface area contributed by atoms with E-state index in [2.05, 4.69) is 26.6 Å². The monoisotopic (exact) mass is 334 g/mol. The summed E-state index contributed by atoms with van der Waals surface area (Å²) in [6.07, 6.45) is 0.762. The number of amides is 2. The van der Waals surface area contributed by atoms with E-state index in [1.165, 1.54) is 0 Å². The zero-order valence-corrected chi connectivity index (χ0v) is 12.6. The summed E-state index contributed by atoms with van der Waals surface area (Å²) in [6, 6.07) is 5.05. The lowest BCUT2D eigenvalue weighted by Crippen LogP contribution is -2.36. The van der Waals surface area contributed by atoms with Crippen LogP contribution in [0.3, 0.4) is 0 Å². The number of urea groups is 1. The standard InChI is InChI=1S/C12H16BrClN2O2/c1-8(5-6-18-2)15-12(17)16-11-4-3-9(13)7-10(11)14/h3-4,7-8H,5-6H2,1-2H3,(H2,15,16,17). The fourth-order valence-electron chi connectivity index (χ4n) is 1.34. The van der Waals surface area contributed by atoms with Crippen molar-refractivity contribution in [3.63, 3.8) is 0 Å². The molecule has 0 bridgehead atoms. The third kappa shape index (κ3) is 5.25. The summed E-state index contributed by atoms with van der Waals surface area (Å²) < 4.78 is 5.81. The van der Waals surface area contributed by atoms with Gasteiger partial charge >= 0.3 is 6.03 Å². The second-order valence-corrected chi connectivity index (χ2v) is 5.23. The predicted molar refractivity (Wildman–Crippen MR) is 77.3 cm³/mol. The Hall–Kier alpha value is -0.780. The highest BCUT2D eigenvalue weighted by Gasteiger charge is 2.09. The van der Waals surface area contributed by atoms with Gasteiger partial charge in [-0.15, -0.1) is 0 Å². The number of carbonyl (C=O) groups is 1. The van der Waals surface area contributed by atoms with E-state index in [1.807, 2.05) is 13.0 Å². The lowest BCUT2D eigenvalue weighted by Gasteiger charge is -2.14. The molecule has 1 rings (SSSR count). The Morgan fingerprint density at radius 2 is 2.28 bits per heavy atom. The van der Waals surface area contributed by atoms with Crippen molar-refractivity contribution in [1.82, 2.24) is 5.32 Å². The van der Waals surface area contributed by atoms with Crippen LogP contribution in [0.4, 0.5) is 10.5 Å². The first-order valence-electron chi connectivity index (χ1n) is 5.54. The largest absolute Gasteiger partial charge is 0.385 e. The zero-order valence-electron chi connectivity index (χ0n) is 10.3. The first kappa shape index (κ1) is 15.3. The van der Waals surface area contributed by atoms with Gasteiger partial charge in [0.25, 0.3) is 0 Å². The minimum atomic E-state index is -0.275. The second-order valence-electron chi connectivity index (χ2n) is 3.91. The summed E-state index contributed by atoms with van der Waals surface area (Å²) in [7, 11) is 1.63. The van der Waals surface area contributed by atoms with Crippen LogP contribution in [-0.4, -0.2) is 25.8 Å². The summed E-state index contributed by atoms with van der Waals surface area (Å²) in [5.41, 5.74) is 0.580. The van der Waals surface area contributed by atoms with Crippen LogP contribution in [0.2, 0.25) is 5.02 Å². The molecule has 0 heterocycles. The number of nitrogens with one attached hydrogen (secondary N) is 2. The summed E-state index contributed by atoms with van der Waals surface area (Å²) in [5, 5.41) is 6.00. The molecular formula is C12H16BrClN2O2. The van der Waals surface area contributed by atoms with E-state index >= 15 is 0 Å². The molecule has 1 aromatic carbocycles. The number of benzene rings is 1. The molecule has 100 valence electrons. The third-order valence-corrected chi connectivity index (χ3v) is 3.12. The Labute approximate surface area is 120 Å². The quantitative estimate of drug-likeness (QED) is 0.863. The maximum Gasteiger partial charge on any atom is 0.319 e. The first-order valence-corrected chi connectivity index (χ1v) is 6.71. The lowest BCUT2D eigenvalue weighted by molar-refractivity contribution is 0.185. The van der Waals surface area contributed by atoms with Crippen molar-refractivity contribution in [3.05, 3.63) is 27.7 Å². The van der Waals surface area contributed by atoms with E-state index in [-0.39, 0.29) is 12.1 Å². The first-order chi connectivity index (χ1) is 8.52. The van der Waals surface area contributed by atoms with Crippen molar-refractivity contribution >= 4 is 39.2 Å². The molecular weight excluding hydrogens is 320 g/mol. The van der Waals surface area contributed by atoms with Crippen LogP contribution in [0, 0.1) is 0 Å². The number of methoxy groups -OCH3 is 1. The molecule has 2 amide bonds. The van der Waals surface area contributed by atoms with Gasteiger partial charge in [-0.25, -0.2) is 4.79 Å². The molecule has 0 aromatic heterocycles. The number of carbonyl (C=O) groups excluding carboxylic acids is 1. The van der Waals surface area contributed by atoms with Gasteiger partial charge in [0.2, 0.25) is 0 Å². The van der Waals surface area contributed by atoms with E-state index in [0.717, 1.165) is 10.9 Å². The summed E-state index contributed by atoms with van der Waals surface area (Å²) >= 11 is 9.31. The molecule has 4 nitrogen and oxygen atoms in total. The van der Waals surface area contributed by atoms with Crippen molar-refractivity contribution in [1.29, 1.82) is 0 Å². The number of halogens is 2. The van der Waals surface area contributed by atoms with Gasteiger partial charge < -0.3 is 15.4 Å². The fraction of sp³-hybridized carbons (Fsp3) is 0.417. The van der Waals surface area contributed by atoms with Gasteiger partial charge in [-0.3, -0.25) is 0 Å². The Bertz CT molecular complexity index is 415. The number of anilines is 1. The van der Waals surface area contributed by atoms with Crippen molar-refractivity contribution in [3.8, 4) is 0 Å². The molecule has 0 aliphatic carbocycles. The zero-order chi connectivity index (χ0) is 13.5. The highest BCUT2D eigenvalue weighted by molar-refractivity contribution is 9.10. The molecule has 1 atom stereocenters. The second kappa shape index (κ2) is 7.61. The summed E-state index contributed by atoms with van der Waals surface area (Å²) in [4.78, 5) is 11.7. The van der Waals surface area contributed by atoms with Gasteiger partial charge in [-0.1, -0.05) is 27.5 Å². The van der Waals surface area contributed by atoms with Gasteiger partial charge in [0, 0.05) is 24.2 Å². The Morgan fingerprint density at radius 1 is 1.56 bits per heavy atom. The predicted octanol–water partition coefficient (Wildman–Crippen LogP) is 3.65. The van der Waals surface area contributed by atoms with Crippen LogP contribution >= 0.6 is 27.5 Å². The van der Waals surface area contributed by atoms with E-state index in [9.17, 15) is 4.79 Å². The van der Waals surface area contributed by atoms with E-state index in [4.69, 9.17) is 16.3 Å². The van der Waals surface area contributed by atoms with Crippen molar-refractivity contribution in [2.24, 2.45) is 0 Å². The third-order valence-electron chi connectivity index (χ3n) is 2.31. The fourth-order valence-corrected chi connectivity index (χ4v) is 2.06. The lowest BCUT2D eigenvalue weighted by atomic mass is 10.2. The minimum Gasteiger partial charge on any atom is -0.385 e.